The number of hydrogen-bond acceptors (Lipinski definition) is 4. The minimum Gasteiger partial charge on any atom is -0.299 e. The molecular formula is C42H56O4. The van der Waals surface area contributed by atoms with Crippen LogP contribution < -0.4 is 0 Å². The molecule has 8 atom stereocenters. The van der Waals surface area contributed by atoms with Crippen LogP contribution in [-0.2, 0) is 19.2 Å². The second kappa shape index (κ2) is 11.1. The van der Waals surface area contributed by atoms with E-state index in [2.05, 4.69) is 27.7 Å². The highest BCUT2D eigenvalue weighted by molar-refractivity contribution is 5.93. The molecule has 0 bridgehead atoms. The van der Waals surface area contributed by atoms with Crippen LogP contribution in [0.25, 0.3) is 0 Å². The van der Waals surface area contributed by atoms with E-state index in [4.69, 9.17) is 0 Å². The highest BCUT2D eigenvalue weighted by atomic mass is 16.1. The number of Topliss-reactive ketones (excluding diaryl/α,β-unsaturated/α-hetero) is 2. The number of allylic oxidation sites excluding steroid dienone is 8. The van der Waals surface area contributed by atoms with Gasteiger partial charge in [0.25, 0.3) is 0 Å². The molecule has 248 valence electrons. The van der Waals surface area contributed by atoms with E-state index >= 15 is 0 Å². The van der Waals surface area contributed by atoms with Gasteiger partial charge in [-0.2, -0.15) is 0 Å². The summed E-state index contributed by atoms with van der Waals surface area (Å²) < 4.78 is 0. The van der Waals surface area contributed by atoms with Crippen molar-refractivity contribution in [1.82, 2.24) is 0 Å². The third kappa shape index (κ3) is 4.50. The third-order valence-electron chi connectivity index (χ3n) is 16.2. The highest BCUT2D eigenvalue weighted by Gasteiger charge is 2.62. The lowest BCUT2D eigenvalue weighted by atomic mass is 9.52. The lowest BCUT2D eigenvalue weighted by Gasteiger charge is -2.52. The summed E-state index contributed by atoms with van der Waals surface area (Å²) in [4.78, 5) is 48.3. The van der Waals surface area contributed by atoms with Crippen LogP contribution in [0.1, 0.15) is 144 Å². The number of ketones is 4. The summed E-state index contributed by atoms with van der Waals surface area (Å²) in [6, 6.07) is 0. The first-order chi connectivity index (χ1) is 21.7. The fourth-order valence-electron chi connectivity index (χ4n) is 12.8. The molecule has 0 aliphatic heterocycles. The highest BCUT2D eigenvalue weighted by Crippen LogP contribution is 2.68. The van der Waals surface area contributed by atoms with Gasteiger partial charge in [-0.1, -0.05) is 38.8 Å². The zero-order valence-electron chi connectivity index (χ0n) is 29.4. The molecule has 0 aromatic heterocycles. The van der Waals surface area contributed by atoms with Gasteiger partial charge in [-0.25, -0.2) is 0 Å². The summed E-state index contributed by atoms with van der Waals surface area (Å²) in [5.74, 6) is 4.04. The summed E-state index contributed by atoms with van der Waals surface area (Å²) in [6.07, 6.45) is 20.8. The normalized spacial score (nSPS) is 42.7. The molecule has 0 saturated heterocycles. The van der Waals surface area contributed by atoms with E-state index in [0.29, 0.717) is 59.6 Å². The smallest absolute Gasteiger partial charge is 0.156 e. The van der Waals surface area contributed by atoms with Crippen molar-refractivity contribution < 1.29 is 19.2 Å². The first kappa shape index (κ1) is 32.2. The number of rotatable bonds is 2. The van der Waals surface area contributed by atoms with Gasteiger partial charge < -0.3 is 0 Å². The molecule has 0 amide bonds. The number of carbonyl (C=O) groups excluding carboxylic acids is 4. The summed E-state index contributed by atoms with van der Waals surface area (Å²) in [5.41, 5.74) is 9.11. The van der Waals surface area contributed by atoms with E-state index in [9.17, 15) is 19.2 Å². The fourth-order valence-corrected chi connectivity index (χ4v) is 12.8. The van der Waals surface area contributed by atoms with E-state index in [-0.39, 0.29) is 21.7 Å². The van der Waals surface area contributed by atoms with Gasteiger partial charge in [0.15, 0.2) is 11.6 Å². The average Bonchev–Trinajstić information content (AvgIpc) is 3.47. The SMILES string of the molecule is CC(=O)C1(C)CCC2C3CCC4=CC(=O)CCC4=C3CCC21C.CC(=O)C1(C)CCC2C3CCC4=CC(=O)CCC4=C3CCC21C. The molecule has 0 radical (unpaired) electrons. The van der Waals surface area contributed by atoms with Crippen LogP contribution in [0.4, 0.5) is 0 Å². The Hall–Kier alpha value is -2.36. The third-order valence-corrected chi connectivity index (χ3v) is 16.2. The molecule has 8 aliphatic rings. The van der Waals surface area contributed by atoms with E-state index in [1.165, 1.54) is 48.0 Å². The maximum Gasteiger partial charge on any atom is 0.156 e. The van der Waals surface area contributed by atoms with Gasteiger partial charge in [-0.05, 0) is 173 Å². The number of carbonyl (C=O) groups is 4. The second-order valence-electron chi connectivity index (χ2n) is 17.5. The van der Waals surface area contributed by atoms with Crippen LogP contribution in [0.3, 0.4) is 0 Å². The minimum atomic E-state index is -0.132. The standard InChI is InChI=1S/2C21H28O2/c2*1-13(22)20(2)11-9-19-18-6-4-14-12-15(23)5-7-16(14)17(18)8-10-21(19,20)3/h2*12,18-19H,4-11H2,1-3H3. The Bertz CT molecular complexity index is 1420. The monoisotopic (exact) mass is 624 g/mol. The molecule has 46 heavy (non-hydrogen) atoms. The average molecular weight is 625 g/mol. The van der Waals surface area contributed by atoms with Crippen molar-refractivity contribution in [2.75, 3.05) is 0 Å². The molecule has 8 aliphatic carbocycles. The molecule has 4 nitrogen and oxygen atoms in total. The Morgan fingerprint density at radius 1 is 0.543 bits per heavy atom. The van der Waals surface area contributed by atoms with Crippen molar-refractivity contribution in [1.29, 1.82) is 0 Å². The van der Waals surface area contributed by atoms with Gasteiger partial charge in [0.2, 0.25) is 0 Å². The van der Waals surface area contributed by atoms with Crippen LogP contribution in [-0.4, -0.2) is 23.1 Å². The molecule has 4 fully saturated rings. The predicted octanol–water partition coefficient (Wildman–Crippen LogP) is 9.58. The zero-order chi connectivity index (χ0) is 32.8. The van der Waals surface area contributed by atoms with Crippen LogP contribution in [0.15, 0.2) is 45.6 Å². The summed E-state index contributed by atoms with van der Waals surface area (Å²) in [5, 5.41) is 0. The lowest BCUT2D eigenvalue weighted by molar-refractivity contribution is -0.134. The first-order valence-corrected chi connectivity index (χ1v) is 18.7. The lowest BCUT2D eigenvalue weighted by Crippen LogP contribution is -2.47. The molecular weight excluding hydrogens is 568 g/mol. The first-order valence-electron chi connectivity index (χ1n) is 18.7. The predicted molar refractivity (Wildman–Crippen MR) is 182 cm³/mol. The molecule has 0 N–H and O–H groups in total. The quantitative estimate of drug-likeness (QED) is 0.307. The Kier molecular flexibility index (Phi) is 7.76. The fraction of sp³-hybridized carbons (Fsp3) is 0.714. The summed E-state index contributed by atoms with van der Waals surface area (Å²) in [7, 11) is 0. The topological polar surface area (TPSA) is 68.3 Å². The van der Waals surface area contributed by atoms with Crippen LogP contribution in [0.2, 0.25) is 0 Å². The van der Waals surface area contributed by atoms with Crippen molar-refractivity contribution in [2.45, 2.75) is 144 Å². The molecule has 8 unspecified atom stereocenters. The van der Waals surface area contributed by atoms with Crippen LogP contribution >= 0.6 is 0 Å². The summed E-state index contributed by atoms with van der Waals surface area (Å²) >= 11 is 0. The van der Waals surface area contributed by atoms with Crippen molar-refractivity contribution in [3.8, 4) is 0 Å². The van der Waals surface area contributed by atoms with Gasteiger partial charge >= 0.3 is 0 Å². The van der Waals surface area contributed by atoms with E-state index in [1.807, 2.05) is 12.2 Å². The number of hydrogen-bond donors (Lipinski definition) is 0. The molecule has 8 rings (SSSR count). The summed E-state index contributed by atoms with van der Waals surface area (Å²) in [6.45, 7) is 12.8. The van der Waals surface area contributed by atoms with Crippen LogP contribution in [0, 0.1) is 45.3 Å². The van der Waals surface area contributed by atoms with Gasteiger partial charge in [-0.15, -0.1) is 0 Å². The van der Waals surface area contributed by atoms with E-state index < -0.39 is 0 Å². The Morgan fingerprint density at radius 3 is 1.30 bits per heavy atom. The Morgan fingerprint density at radius 2 is 0.935 bits per heavy atom. The van der Waals surface area contributed by atoms with Gasteiger partial charge in [-0.3, -0.25) is 19.2 Å². The zero-order valence-corrected chi connectivity index (χ0v) is 29.4. The van der Waals surface area contributed by atoms with E-state index in [0.717, 1.165) is 64.2 Å². The van der Waals surface area contributed by atoms with Crippen molar-refractivity contribution in [3.63, 3.8) is 0 Å². The molecule has 0 heterocycles. The molecule has 0 aromatic carbocycles. The van der Waals surface area contributed by atoms with Gasteiger partial charge in [0.05, 0.1) is 0 Å². The Balaban J connectivity index is 0.000000147. The van der Waals surface area contributed by atoms with E-state index in [1.54, 1.807) is 25.0 Å². The molecule has 0 aromatic rings. The van der Waals surface area contributed by atoms with Crippen molar-refractivity contribution in [2.24, 2.45) is 45.3 Å². The molecule has 4 heteroatoms. The van der Waals surface area contributed by atoms with Gasteiger partial charge in [0, 0.05) is 23.7 Å². The second-order valence-corrected chi connectivity index (χ2v) is 17.5. The molecule has 0 spiro atoms. The maximum atomic E-state index is 12.4. The van der Waals surface area contributed by atoms with Gasteiger partial charge in [0.1, 0.15) is 11.6 Å². The Labute approximate surface area is 277 Å². The number of fused-ring (bicyclic) bond motifs is 8. The van der Waals surface area contributed by atoms with Crippen LogP contribution in [0.5, 0.6) is 0 Å². The minimum absolute atomic E-state index is 0.132. The largest absolute Gasteiger partial charge is 0.299 e. The van der Waals surface area contributed by atoms with Crippen molar-refractivity contribution >= 4 is 23.1 Å². The van der Waals surface area contributed by atoms with Crippen molar-refractivity contribution in [3.05, 3.63) is 45.6 Å². The molecule has 4 saturated carbocycles. The maximum absolute atomic E-state index is 12.4.